The van der Waals surface area contributed by atoms with Crippen LogP contribution in [0.15, 0.2) is 30.3 Å². The van der Waals surface area contributed by atoms with Gasteiger partial charge in [-0.05, 0) is 23.8 Å². The Morgan fingerprint density at radius 3 is 2.35 bits per heavy atom. The Bertz CT molecular complexity index is 566. The Balaban J connectivity index is 2.96. The second kappa shape index (κ2) is 10.0. The van der Waals surface area contributed by atoms with Gasteiger partial charge in [0, 0.05) is 10.7 Å². The lowest BCUT2D eigenvalue weighted by Gasteiger charge is -2.34. The molecule has 0 aliphatic rings. The number of hydrogen-bond acceptors (Lipinski definition) is 4. The van der Waals surface area contributed by atoms with Crippen LogP contribution < -0.4 is 5.32 Å². The summed E-state index contributed by atoms with van der Waals surface area (Å²) in [7, 11) is 0. The van der Waals surface area contributed by atoms with E-state index in [4.69, 9.17) is 4.74 Å². The van der Waals surface area contributed by atoms with Crippen LogP contribution in [0.3, 0.4) is 0 Å². The Kier molecular flexibility index (Phi) is 8.68. The van der Waals surface area contributed by atoms with E-state index >= 15 is 0 Å². The van der Waals surface area contributed by atoms with Crippen LogP contribution in [0.5, 0.6) is 0 Å². The smallest absolute Gasteiger partial charge is 0.293 e. The molecule has 4 nitrogen and oxygen atoms in total. The zero-order valence-corrected chi connectivity index (χ0v) is 17.5. The maximum Gasteiger partial charge on any atom is 0.293 e. The summed E-state index contributed by atoms with van der Waals surface area (Å²) in [6, 6.07) is 9.81. The van der Waals surface area contributed by atoms with Crippen LogP contribution in [0.25, 0.3) is 0 Å². The van der Waals surface area contributed by atoms with Crippen LogP contribution in [0.1, 0.15) is 53.0 Å². The third-order valence-electron chi connectivity index (χ3n) is 4.91. The van der Waals surface area contributed by atoms with Crippen molar-refractivity contribution < 1.29 is 14.3 Å². The van der Waals surface area contributed by atoms with Crippen molar-refractivity contribution >= 4 is 25.0 Å². The van der Waals surface area contributed by atoms with Gasteiger partial charge < -0.3 is 10.1 Å². The van der Waals surface area contributed by atoms with Gasteiger partial charge in [-0.25, -0.2) is 0 Å². The number of amides is 1. The number of carbonyl (C=O) groups is 2. The highest BCUT2D eigenvalue weighted by atomic mass is 32.1. The van der Waals surface area contributed by atoms with E-state index in [1.807, 2.05) is 32.0 Å². The highest BCUT2D eigenvalue weighted by Crippen LogP contribution is 2.33. The Morgan fingerprint density at radius 1 is 1.23 bits per heavy atom. The minimum atomic E-state index is -0.278. The van der Waals surface area contributed by atoms with E-state index in [-0.39, 0.29) is 34.6 Å². The zero-order valence-electron chi connectivity index (χ0n) is 16.6. The standard InChI is InChI=1S/C21H33NO3S/c1-6-20(2,3)18(12-16-10-8-7-9-11-16)19(24)22-17(14-25-15-23)13-21(4,5)26/h7-11,15,17-18,26H,6,12-14H2,1-5H3,(H,22,24)/t17-,18-/m0/s1. The first-order chi connectivity index (χ1) is 12.1. The van der Waals surface area contributed by atoms with E-state index < -0.39 is 0 Å². The molecule has 1 aromatic carbocycles. The summed E-state index contributed by atoms with van der Waals surface area (Å²) in [5, 5.41) is 3.10. The lowest BCUT2D eigenvalue weighted by atomic mass is 9.73. The summed E-state index contributed by atoms with van der Waals surface area (Å²) in [6.45, 7) is 10.9. The Hall–Kier alpha value is -1.49. The first kappa shape index (κ1) is 22.6. The summed E-state index contributed by atoms with van der Waals surface area (Å²) in [6.07, 6.45) is 2.19. The molecule has 0 unspecified atom stereocenters. The van der Waals surface area contributed by atoms with Gasteiger partial charge in [-0.2, -0.15) is 12.6 Å². The molecule has 5 heteroatoms. The molecule has 2 atom stereocenters. The van der Waals surface area contributed by atoms with Crippen molar-refractivity contribution in [2.75, 3.05) is 6.61 Å². The van der Waals surface area contributed by atoms with Crippen molar-refractivity contribution in [2.24, 2.45) is 11.3 Å². The predicted molar refractivity (Wildman–Crippen MR) is 109 cm³/mol. The molecular formula is C21H33NO3S. The fraction of sp³-hybridized carbons (Fsp3) is 0.619. The summed E-state index contributed by atoms with van der Waals surface area (Å²) in [5.74, 6) is -0.172. The molecule has 0 aliphatic heterocycles. The molecule has 1 amide bonds. The van der Waals surface area contributed by atoms with Gasteiger partial charge in [0.1, 0.15) is 6.61 Å². The summed E-state index contributed by atoms with van der Waals surface area (Å²) < 4.78 is 4.64. The Morgan fingerprint density at radius 2 is 1.85 bits per heavy atom. The number of hydrogen-bond donors (Lipinski definition) is 2. The monoisotopic (exact) mass is 379 g/mol. The average molecular weight is 380 g/mol. The number of ether oxygens (including phenoxy) is 1. The first-order valence-corrected chi connectivity index (χ1v) is 9.65. The van der Waals surface area contributed by atoms with Crippen LogP contribution in [0.2, 0.25) is 0 Å². The highest BCUT2D eigenvalue weighted by molar-refractivity contribution is 7.81. The van der Waals surface area contributed by atoms with Crippen molar-refractivity contribution in [3.8, 4) is 0 Å². The van der Waals surface area contributed by atoms with Crippen LogP contribution in [-0.4, -0.2) is 29.8 Å². The normalized spacial score (nSPS) is 14.4. The fourth-order valence-corrected chi connectivity index (χ4v) is 3.25. The van der Waals surface area contributed by atoms with Gasteiger partial charge in [0.25, 0.3) is 6.47 Å². The lowest BCUT2D eigenvalue weighted by Crippen LogP contribution is -2.47. The molecule has 1 rings (SSSR count). The van der Waals surface area contributed by atoms with E-state index in [0.29, 0.717) is 19.3 Å². The predicted octanol–water partition coefficient (Wildman–Crippen LogP) is 4.04. The lowest BCUT2D eigenvalue weighted by molar-refractivity contribution is -0.134. The van der Waals surface area contributed by atoms with Crippen LogP contribution in [-0.2, 0) is 20.7 Å². The van der Waals surface area contributed by atoms with E-state index in [1.165, 1.54) is 0 Å². The maximum absolute atomic E-state index is 13.1. The molecule has 0 saturated heterocycles. The molecule has 0 bridgehead atoms. The highest BCUT2D eigenvalue weighted by Gasteiger charge is 2.35. The molecule has 1 N–H and O–H groups in total. The number of nitrogens with one attached hydrogen (secondary N) is 1. The second-order valence-corrected chi connectivity index (χ2v) is 9.45. The van der Waals surface area contributed by atoms with Crippen LogP contribution in [0.4, 0.5) is 0 Å². The Labute approximate surface area is 163 Å². The minimum absolute atomic E-state index is 0.00205. The van der Waals surface area contributed by atoms with E-state index in [1.54, 1.807) is 0 Å². The van der Waals surface area contributed by atoms with E-state index in [2.05, 4.69) is 50.8 Å². The van der Waals surface area contributed by atoms with Crippen molar-refractivity contribution in [3.05, 3.63) is 35.9 Å². The summed E-state index contributed by atoms with van der Waals surface area (Å²) in [4.78, 5) is 23.7. The summed E-state index contributed by atoms with van der Waals surface area (Å²) >= 11 is 4.55. The SMILES string of the molecule is CCC(C)(C)[C@@H](Cc1ccccc1)C(=O)N[C@H](COC=O)CC(C)(C)S. The molecule has 0 saturated carbocycles. The number of thiol groups is 1. The van der Waals surface area contributed by atoms with Gasteiger partial charge in [-0.1, -0.05) is 71.4 Å². The van der Waals surface area contributed by atoms with E-state index in [9.17, 15) is 9.59 Å². The first-order valence-electron chi connectivity index (χ1n) is 9.21. The van der Waals surface area contributed by atoms with Crippen molar-refractivity contribution in [1.82, 2.24) is 5.32 Å². The third-order valence-corrected chi connectivity index (χ3v) is 5.09. The fourth-order valence-electron chi connectivity index (χ4n) is 3.03. The quantitative estimate of drug-likeness (QED) is 0.451. The molecule has 26 heavy (non-hydrogen) atoms. The minimum Gasteiger partial charge on any atom is -0.466 e. The maximum atomic E-state index is 13.1. The third kappa shape index (κ3) is 7.81. The number of rotatable bonds is 11. The van der Waals surface area contributed by atoms with Gasteiger partial charge in [0.2, 0.25) is 5.91 Å². The van der Waals surface area contributed by atoms with Gasteiger partial charge >= 0.3 is 0 Å². The number of carbonyl (C=O) groups excluding carboxylic acids is 2. The van der Waals surface area contributed by atoms with Crippen molar-refractivity contribution in [3.63, 3.8) is 0 Å². The van der Waals surface area contributed by atoms with Crippen LogP contribution >= 0.6 is 12.6 Å². The number of benzene rings is 1. The van der Waals surface area contributed by atoms with Gasteiger partial charge in [0.05, 0.1) is 6.04 Å². The van der Waals surface area contributed by atoms with Gasteiger partial charge in [0.15, 0.2) is 0 Å². The van der Waals surface area contributed by atoms with Gasteiger partial charge in [-0.3, -0.25) is 9.59 Å². The van der Waals surface area contributed by atoms with Crippen molar-refractivity contribution in [2.45, 2.75) is 64.7 Å². The molecular weight excluding hydrogens is 346 g/mol. The average Bonchev–Trinajstić information content (AvgIpc) is 2.57. The topological polar surface area (TPSA) is 55.4 Å². The van der Waals surface area contributed by atoms with Crippen LogP contribution in [0, 0.1) is 11.3 Å². The largest absolute Gasteiger partial charge is 0.466 e. The molecule has 1 aromatic rings. The second-order valence-electron chi connectivity index (χ2n) is 8.24. The molecule has 0 fully saturated rings. The molecule has 0 spiro atoms. The molecule has 0 aliphatic carbocycles. The van der Waals surface area contributed by atoms with E-state index in [0.717, 1.165) is 12.0 Å². The molecule has 146 valence electrons. The zero-order chi connectivity index (χ0) is 19.8. The van der Waals surface area contributed by atoms with Gasteiger partial charge in [-0.15, -0.1) is 0 Å². The van der Waals surface area contributed by atoms with Crippen molar-refractivity contribution in [1.29, 1.82) is 0 Å². The molecule has 0 aromatic heterocycles. The summed E-state index contributed by atoms with van der Waals surface area (Å²) in [5.41, 5.74) is 0.997. The molecule has 0 radical (unpaired) electrons. The molecule has 0 heterocycles.